The lowest BCUT2D eigenvalue weighted by molar-refractivity contribution is -0.140. The van der Waals surface area contributed by atoms with Crippen LogP contribution in [0.5, 0.6) is 0 Å². The van der Waals surface area contributed by atoms with Crippen LogP contribution in [0.15, 0.2) is 101 Å². The summed E-state index contributed by atoms with van der Waals surface area (Å²) in [5, 5.41) is 14.1. The van der Waals surface area contributed by atoms with Gasteiger partial charge in [0, 0.05) is 28.2 Å². The fourth-order valence-corrected chi connectivity index (χ4v) is 4.83. The molecule has 0 aliphatic carbocycles. The maximum atomic E-state index is 13.4. The van der Waals surface area contributed by atoms with Crippen molar-refractivity contribution >= 4 is 39.1 Å². The zero-order chi connectivity index (χ0) is 23.2. The highest BCUT2D eigenvalue weighted by Crippen LogP contribution is 2.43. The van der Waals surface area contributed by atoms with Crippen molar-refractivity contribution in [2.75, 3.05) is 0 Å². The molecule has 6 rings (SSSR count). The highest BCUT2D eigenvalue weighted by Gasteiger charge is 2.47. The minimum atomic E-state index is -0.778. The molecule has 5 aromatic rings. The number of fused-ring (bicyclic) bond motifs is 2. The first-order chi connectivity index (χ1) is 16.6. The molecule has 0 radical (unpaired) electrons. The quantitative estimate of drug-likeness (QED) is 0.215. The van der Waals surface area contributed by atoms with E-state index in [2.05, 4.69) is 4.98 Å². The lowest BCUT2D eigenvalue weighted by atomic mass is 9.93. The third-order valence-corrected chi connectivity index (χ3v) is 6.41. The van der Waals surface area contributed by atoms with Gasteiger partial charge < -0.3 is 19.4 Å². The fourth-order valence-electron chi connectivity index (χ4n) is 4.83. The van der Waals surface area contributed by atoms with E-state index in [0.717, 1.165) is 27.2 Å². The van der Waals surface area contributed by atoms with Crippen LogP contribution in [0.25, 0.3) is 27.4 Å². The van der Waals surface area contributed by atoms with Crippen molar-refractivity contribution in [3.8, 4) is 0 Å². The molecule has 1 atom stereocenters. The Kier molecular flexibility index (Phi) is 4.59. The zero-order valence-electron chi connectivity index (χ0n) is 18.1. The maximum absolute atomic E-state index is 13.4. The average molecular weight is 448 g/mol. The molecule has 0 bridgehead atoms. The van der Waals surface area contributed by atoms with Gasteiger partial charge in [-0.2, -0.15) is 0 Å². The van der Waals surface area contributed by atoms with Crippen LogP contribution in [0.1, 0.15) is 22.9 Å². The lowest BCUT2D eigenvalue weighted by Crippen LogP contribution is -2.29. The van der Waals surface area contributed by atoms with Gasteiger partial charge in [0.15, 0.2) is 0 Å². The lowest BCUT2D eigenvalue weighted by Gasteiger charge is -2.24. The van der Waals surface area contributed by atoms with Gasteiger partial charge in [-0.3, -0.25) is 9.59 Å². The first kappa shape index (κ1) is 20.1. The second-order valence-electron chi connectivity index (χ2n) is 8.32. The smallest absolute Gasteiger partial charge is 0.296 e. The number of carbonyl (C=O) groups is 2. The molecule has 1 unspecified atom stereocenters. The molecule has 1 aliphatic rings. The summed E-state index contributed by atoms with van der Waals surface area (Å²) in [6, 6.07) is 23.6. The molecule has 2 aromatic heterocycles. The predicted molar refractivity (Wildman–Crippen MR) is 129 cm³/mol. The number of benzene rings is 3. The van der Waals surface area contributed by atoms with Gasteiger partial charge in [-0.15, -0.1) is 0 Å². The Morgan fingerprint density at radius 1 is 0.912 bits per heavy atom. The van der Waals surface area contributed by atoms with Gasteiger partial charge in [0.25, 0.3) is 11.7 Å². The number of aromatic nitrogens is 1. The summed E-state index contributed by atoms with van der Waals surface area (Å²) in [7, 11) is 0. The number of ketones is 1. The van der Waals surface area contributed by atoms with Crippen LogP contribution in [0.4, 0.5) is 0 Å². The summed E-state index contributed by atoms with van der Waals surface area (Å²) in [6.07, 6.45) is 3.33. The number of Topliss-reactive ketones (excluding diaryl/α,β-unsaturated/α-hetero) is 1. The number of H-pyrrole nitrogens is 1. The number of nitrogens with zero attached hydrogens (tertiary/aromatic N) is 1. The SMILES string of the molecule is O=C1C(=O)N(Cc2ccco2)C(c2c[nH]c3ccccc23)/C1=C(\O)c1cccc2ccccc12. The summed E-state index contributed by atoms with van der Waals surface area (Å²) >= 11 is 0. The van der Waals surface area contributed by atoms with Crippen molar-refractivity contribution < 1.29 is 19.1 Å². The van der Waals surface area contributed by atoms with Gasteiger partial charge in [0.2, 0.25) is 0 Å². The number of hydrogen-bond acceptors (Lipinski definition) is 4. The molecular weight excluding hydrogens is 428 g/mol. The number of nitrogens with one attached hydrogen (secondary N) is 1. The van der Waals surface area contributed by atoms with E-state index in [1.54, 1.807) is 24.4 Å². The molecule has 6 heteroatoms. The standard InChI is InChI=1S/C28H20N2O4/c31-26(21-12-5-8-17-7-1-2-10-19(17)21)24-25(22-15-29-23-13-4-3-11-20(22)23)30(28(33)27(24)32)16-18-9-6-14-34-18/h1-15,25,29,31H,16H2/b26-24+. The Morgan fingerprint density at radius 3 is 2.50 bits per heavy atom. The van der Waals surface area contributed by atoms with E-state index in [1.807, 2.05) is 60.7 Å². The maximum Gasteiger partial charge on any atom is 0.296 e. The number of para-hydroxylation sites is 1. The molecule has 3 heterocycles. The Bertz CT molecular complexity index is 1590. The van der Waals surface area contributed by atoms with E-state index in [1.165, 1.54) is 11.2 Å². The van der Waals surface area contributed by atoms with Gasteiger partial charge in [0.1, 0.15) is 11.5 Å². The van der Waals surface area contributed by atoms with Gasteiger partial charge >= 0.3 is 0 Å². The number of amides is 1. The van der Waals surface area contributed by atoms with Crippen molar-refractivity contribution in [2.45, 2.75) is 12.6 Å². The van der Waals surface area contributed by atoms with Crippen LogP contribution in [0.3, 0.4) is 0 Å². The molecule has 1 amide bonds. The number of likely N-dealkylation sites (tertiary alicyclic amines) is 1. The number of furan rings is 1. The number of aromatic amines is 1. The minimum absolute atomic E-state index is 0.0673. The zero-order valence-corrected chi connectivity index (χ0v) is 18.1. The van der Waals surface area contributed by atoms with E-state index in [0.29, 0.717) is 11.3 Å². The van der Waals surface area contributed by atoms with Crippen LogP contribution < -0.4 is 0 Å². The minimum Gasteiger partial charge on any atom is -0.507 e. The number of aliphatic hydroxyl groups excluding tert-OH is 1. The van der Waals surface area contributed by atoms with Crippen LogP contribution in [-0.4, -0.2) is 26.7 Å². The van der Waals surface area contributed by atoms with Crippen molar-refractivity contribution in [1.29, 1.82) is 0 Å². The summed E-state index contributed by atoms with van der Waals surface area (Å²) in [5.74, 6) is -1.02. The third kappa shape index (κ3) is 3.03. The number of hydrogen-bond donors (Lipinski definition) is 2. The Morgan fingerprint density at radius 2 is 1.68 bits per heavy atom. The second kappa shape index (κ2) is 7.78. The van der Waals surface area contributed by atoms with Crippen molar-refractivity contribution in [1.82, 2.24) is 9.88 Å². The molecule has 1 saturated heterocycles. The first-order valence-corrected chi connectivity index (χ1v) is 11.0. The summed E-state index contributed by atoms with van der Waals surface area (Å²) in [5.41, 5.74) is 2.20. The van der Waals surface area contributed by atoms with Gasteiger partial charge in [-0.1, -0.05) is 60.7 Å². The highest BCUT2D eigenvalue weighted by molar-refractivity contribution is 6.46. The number of rotatable bonds is 4. The fraction of sp³-hybridized carbons (Fsp3) is 0.0714. The van der Waals surface area contributed by atoms with E-state index < -0.39 is 17.7 Å². The molecule has 0 saturated carbocycles. The van der Waals surface area contributed by atoms with E-state index >= 15 is 0 Å². The molecule has 1 fully saturated rings. The Labute approximate surface area is 194 Å². The van der Waals surface area contributed by atoms with Gasteiger partial charge in [-0.25, -0.2) is 0 Å². The summed E-state index contributed by atoms with van der Waals surface area (Å²) in [6.45, 7) is 0.105. The second-order valence-corrected chi connectivity index (χ2v) is 8.32. The van der Waals surface area contributed by atoms with Crippen LogP contribution in [0.2, 0.25) is 0 Å². The molecular formula is C28H20N2O4. The molecule has 1 aliphatic heterocycles. The molecule has 2 N–H and O–H groups in total. The van der Waals surface area contributed by atoms with Crippen LogP contribution in [-0.2, 0) is 16.1 Å². The highest BCUT2D eigenvalue weighted by atomic mass is 16.3. The molecule has 3 aromatic carbocycles. The van der Waals surface area contributed by atoms with Crippen LogP contribution >= 0.6 is 0 Å². The van der Waals surface area contributed by atoms with E-state index in [9.17, 15) is 14.7 Å². The summed E-state index contributed by atoms with van der Waals surface area (Å²) in [4.78, 5) is 31.3. The Hall–Kier alpha value is -4.58. The van der Waals surface area contributed by atoms with Crippen molar-refractivity contribution in [3.63, 3.8) is 0 Å². The Balaban J connectivity index is 1.60. The monoisotopic (exact) mass is 448 g/mol. The first-order valence-electron chi connectivity index (χ1n) is 11.0. The third-order valence-electron chi connectivity index (χ3n) is 6.41. The van der Waals surface area contributed by atoms with Gasteiger partial charge in [-0.05, 0) is 29.0 Å². The topological polar surface area (TPSA) is 86.5 Å². The molecule has 0 spiro atoms. The molecule has 34 heavy (non-hydrogen) atoms. The predicted octanol–water partition coefficient (Wildman–Crippen LogP) is 5.54. The van der Waals surface area contributed by atoms with Crippen molar-refractivity contribution in [3.05, 3.63) is 114 Å². The number of aliphatic hydroxyl groups is 1. The molecule has 6 nitrogen and oxygen atoms in total. The average Bonchev–Trinajstić information content (AvgIpc) is 3.59. The summed E-state index contributed by atoms with van der Waals surface area (Å²) < 4.78 is 5.48. The van der Waals surface area contributed by atoms with Gasteiger partial charge in [0.05, 0.1) is 24.4 Å². The van der Waals surface area contributed by atoms with Crippen molar-refractivity contribution in [2.24, 2.45) is 0 Å². The normalized spacial score (nSPS) is 17.8. The van der Waals surface area contributed by atoms with E-state index in [-0.39, 0.29) is 17.9 Å². The molecule has 166 valence electrons. The number of carbonyl (C=O) groups excluding carboxylic acids is 2. The van der Waals surface area contributed by atoms with E-state index in [4.69, 9.17) is 4.42 Å². The largest absolute Gasteiger partial charge is 0.507 e. The van der Waals surface area contributed by atoms with Crippen LogP contribution in [0, 0.1) is 0 Å².